The van der Waals surface area contributed by atoms with Gasteiger partial charge >= 0.3 is 0 Å². The minimum absolute atomic E-state index is 0.274. The summed E-state index contributed by atoms with van der Waals surface area (Å²) in [6, 6.07) is 5.63. The molecule has 0 aromatic heterocycles. The molecule has 76 valence electrons. The molecule has 14 heavy (non-hydrogen) atoms. The minimum Gasteiger partial charge on any atom is -0.507 e. The van der Waals surface area contributed by atoms with Gasteiger partial charge in [0.15, 0.2) is 0 Å². The smallest absolute Gasteiger partial charge is 0.131 e. The topological polar surface area (TPSA) is 32.3 Å². The highest BCUT2D eigenvalue weighted by Crippen LogP contribution is 2.41. The number of nitrogens with one attached hydrogen (secondary N) is 1. The van der Waals surface area contributed by atoms with E-state index in [1.807, 2.05) is 12.1 Å². The molecule has 0 saturated carbocycles. The fourth-order valence-corrected chi connectivity index (χ4v) is 2.62. The van der Waals surface area contributed by atoms with Crippen molar-refractivity contribution in [2.75, 3.05) is 17.6 Å². The number of phenols is 1. The van der Waals surface area contributed by atoms with Gasteiger partial charge in [0.1, 0.15) is 5.75 Å². The maximum atomic E-state index is 9.69. The summed E-state index contributed by atoms with van der Waals surface area (Å²) in [5.74, 6) is 1.42. The summed E-state index contributed by atoms with van der Waals surface area (Å²) in [5, 5.41) is 13.1. The Morgan fingerprint density at radius 3 is 3.00 bits per heavy atom. The van der Waals surface area contributed by atoms with Crippen LogP contribution in [-0.2, 0) is 0 Å². The average Bonchev–Trinajstić information content (AvgIpc) is 2.27. The van der Waals surface area contributed by atoms with Gasteiger partial charge in [0.25, 0.3) is 0 Å². The van der Waals surface area contributed by atoms with Gasteiger partial charge in [-0.25, -0.2) is 0 Å². The van der Waals surface area contributed by atoms with Crippen molar-refractivity contribution < 1.29 is 5.11 Å². The highest BCUT2D eigenvalue weighted by atomic mass is 32.2. The Kier molecular flexibility index (Phi) is 2.35. The van der Waals surface area contributed by atoms with Gasteiger partial charge in [-0.05, 0) is 17.5 Å². The zero-order valence-electron chi connectivity index (χ0n) is 8.50. The van der Waals surface area contributed by atoms with Crippen LogP contribution in [0.25, 0.3) is 0 Å². The molecule has 0 saturated heterocycles. The van der Waals surface area contributed by atoms with E-state index in [-0.39, 0.29) is 5.41 Å². The van der Waals surface area contributed by atoms with Crippen LogP contribution >= 0.6 is 11.8 Å². The number of aromatic hydroxyl groups is 1. The Balaban J connectivity index is 2.34. The number of hydrogen-bond donors (Lipinski definition) is 2. The molecule has 0 amide bonds. The predicted molar refractivity (Wildman–Crippen MR) is 61.1 cm³/mol. The molecular formula is C11H15NOS. The lowest BCUT2D eigenvalue weighted by atomic mass is 9.96. The summed E-state index contributed by atoms with van der Waals surface area (Å²) in [4.78, 5) is 0.984. The van der Waals surface area contributed by atoms with Gasteiger partial charge in [-0.15, -0.1) is 11.8 Å². The Hall–Kier alpha value is -0.830. The molecular weight excluding hydrogens is 194 g/mol. The van der Waals surface area contributed by atoms with Gasteiger partial charge in [-0.3, -0.25) is 0 Å². The summed E-state index contributed by atoms with van der Waals surface area (Å²) >= 11 is 1.73. The van der Waals surface area contributed by atoms with Crippen molar-refractivity contribution in [1.29, 1.82) is 0 Å². The van der Waals surface area contributed by atoms with Crippen LogP contribution in [-0.4, -0.2) is 17.4 Å². The van der Waals surface area contributed by atoms with E-state index in [0.29, 0.717) is 5.75 Å². The highest BCUT2D eigenvalue weighted by molar-refractivity contribution is 7.99. The van der Waals surface area contributed by atoms with Crippen LogP contribution in [0, 0.1) is 5.41 Å². The third-order valence-corrected chi connectivity index (χ3v) is 4.00. The molecule has 1 aliphatic rings. The van der Waals surface area contributed by atoms with E-state index in [1.54, 1.807) is 17.8 Å². The van der Waals surface area contributed by atoms with Crippen LogP contribution in [0.3, 0.4) is 0 Å². The first kappa shape index (κ1) is 9.71. The van der Waals surface area contributed by atoms with E-state index in [4.69, 9.17) is 0 Å². The fraction of sp³-hybridized carbons (Fsp3) is 0.455. The van der Waals surface area contributed by atoms with Crippen molar-refractivity contribution in [3.63, 3.8) is 0 Å². The van der Waals surface area contributed by atoms with E-state index in [9.17, 15) is 5.11 Å². The largest absolute Gasteiger partial charge is 0.507 e. The van der Waals surface area contributed by atoms with Gasteiger partial charge in [-0.1, -0.05) is 19.9 Å². The van der Waals surface area contributed by atoms with E-state index >= 15 is 0 Å². The Morgan fingerprint density at radius 2 is 2.21 bits per heavy atom. The highest BCUT2D eigenvalue weighted by Gasteiger charge is 2.23. The maximum Gasteiger partial charge on any atom is 0.131 e. The van der Waals surface area contributed by atoms with Crippen LogP contribution in [0.2, 0.25) is 0 Å². The first-order valence-electron chi connectivity index (χ1n) is 4.77. The van der Waals surface area contributed by atoms with Crippen LogP contribution in [0.15, 0.2) is 23.1 Å². The van der Waals surface area contributed by atoms with Crippen LogP contribution < -0.4 is 5.32 Å². The fourth-order valence-electron chi connectivity index (χ4n) is 1.47. The third-order valence-electron chi connectivity index (χ3n) is 2.36. The SMILES string of the molecule is CC1(C)CNc2cccc(O)c2SC1. The van der Waals surface area contributed by atoms with Crippen molar-refractivity contribution in [2.24, 2.45) is 5.41 Å². The molecule has 0 radical (unpaired) electrons. The van der Waals surface area contributed by atoms with Gasteiger partial charge in [0, 0.05) is 12.3 Å². The lowest BCUT2D eigenvalue weighted by Gasteiger charge is -2.21. The second-order valence-corrected chi connectivity index (χ2v) is 5.45. The van der Waals surface area contributed by atoms with Crippen LogP contribution in [0.1, 0.15) is 13.8 Å². The molecule has 1 aromatic carbocycles. The summed E-state index contributed by atoms with van der Waals surface area (Å²) in [5.41, 5.74) is 1.33. The van der Waals surface area contributed by atoms with Crippen molar-refractivity contribution in [3.05, 3.63) is 18.2 Å². The Morgan fingerprint density at radius 1 is 1.43 bits per heavy atom. The lowest BCUT2D eigenvalue weighted by molar-refractivity contribution is 0.456. The summed E-state index contributed by atoms with van der Waals surface area (Å²) < 4.78 is 0. The van der Waals surface area contributed by atoms with Crippen molar-refractivity contribution >= 4 is 17.4 Å². The van der Waals surface area contributed by atoms with Crippen LogP contribution in [0.5, 0.6) is 5.75 Å². The standard InChI is InChI=1S/C11H15NOS/c1-11(2)6-12-8-4-3-5-9(13)10(8)14-7-11/h3-5,12-13H,6-7H2,1-2H3. The van der Waals surface area contributed by atoms with Gasteiger partial charge in [-0.2, -0.15) is 0 Å². The van der Waals surface area contributed by atoms with Crippen LogP contribution in [0.4, 0.5) is 5.69 Å². The Bertz CT molecular complexity index is 349. The molecule has 1 aliphatic heterocycles. The zero-order chi connectivity index (χ0) is 10.2. The van der Waals surface area contributed by atoms with Gasteiger partial charge in [0.05, 0.1) is 10.6 Å². The van der Waals surface area contributed by atoms with Crippen molar-refractivity contribution in [3.8, 4) is 5.75 Å². The van der Waals surface area contributed by atoms with Crippen molar-refractivity contribution in [2.45, 2.75) is 18.7 Å². The summed E-state index contributed by atoms with van der Waals surface area (Å²) in [7, 11) is 0. The van der Waals surface area contributed by atoms with E-state index in [1.165, 1.54) is 0 Å². The van der Waals surface area contributed by atoms with E-state index in [0.717, 1.165) is 22.9 Å². The molecule has 2 N–H and O–H groups in total. The molecule has 0 aliphatic carbocycles. The average molecular weight is 209 g/mol. The molecule has 0 bridgehead atoms. The molecule has 0 atom stereocenters. The number of thioether (sulfide) groups is 1. The molecule has 1 aromatic rings. The second-order valence-electron chi connectivity index (χ2n) is 4.46. The first-order chi connectivity index (χ1) is 6.58. The van der Waals surface area contributed by atoms with Gasteiger partial charge < -0.3 is 10.4 Å². The van der Waals surface area contributed by atoms with Gasteiger partial charge in [0.2, 0.25) is 0 Å². The quantitative estimate of drug-likeness (QED) is 0.689. The number of benzene rings is 1. The Labute approximate surface area is 88.7 Å². The lowest BCUT2D eigenvalue weighted by Crippen LogP contribution is -2.23. The number of hydrogen-bond acceptors (Lipinski definition) is 3. The number of fused-ring (bicyclic) bond motifs is 1. The molecule has 3 heteroatoms. The normalized spacial score (nSPS) is 19.3. The number of phenolic OH excluding ortho intramolecular Hbond substituents is 1. The molecule has 2 rings (SSSR count). The molecule has 0 unspecified atom stereocenters. The van der Waals surface area contributed by atoms with E-state index in [2.05, 4.69) is 19.2 Å². The molecule has 2 nitrogen and oxygen atoms in total. The monoisotopic (exact) mass is 209 g/mol. The van der Waals surface area contributed by atoms with E-state index < -0.39 is 0 Å². The predicted octanol–water partition coefficient (Wildman–Crippen LogP) is 2.94. The van der Waals surface area contributed by atoms with Crippen molar-refractivity contribution in [1.82, 2.24) is 0 Å². The summed E-state index contributed by atoms with van der Waals surface area (Å²) in [6.07, 6.45) is 0. The number of anilines is 1. The number of rotatable bonds is 0. The molecule has 0 fully saturated rings. The molecule has 1 heterocycles. The first-order valence-corrected chi connectivity index (χ1v) is 5.76. The third kappa shape index (κ3) is 1.82. The summed E-state index contributed by atoms with van der Waals surface area (Å²) in [6.45, 7) is 5.42. The zero-order valence-corrected chi connectivity index (χ0v) is 9.32. The minimum atomic E-state index is 0.274. The molecule has 0 spiro atoms. The maximum absolute atomic E-state index is 9.69. The second kappa shape index (κ2) is 3.39.